The molecule has 1 unspecified atom stereocenters. The molecule has 0 bridgehead atoms. The van der Waals surface area contributed by atoms with E-state index in [1.807, 2.05) is 12.1 Å². The summed E-state index contributed by atoms with van der Waals surface area (Å²) in [5.41, 5.74) is 0.653. The average Bonchev–Trinajstić information content (AvgIpc) is 2.57. The largest absolute Gasteiger partial charge is 0.357 e. The molecule has 1 aromatic heterocycles. The summed E-state index contributed by atoms with van der Waals surface area (Å²) >= 11 is 0. The molecule has 2 fully saturated rings. The second-order valence-corrected chi connectivity index (χ2v) is 6.59. The van der Waals surface area contributed by atoms with E-state index < -0.39 is 0 Å². The number of amides is 1. The van der Waals surface area contributed by atoms with Gasteiger partial charge in [0.15, 0.2) is 0 Å². The van der Waals surface area contributed by atoms with E-state index in [2.05, 4.69) is 27.4 Å². The van der Waals surface area contributed by atoms with Gasteiger partial charge in [0.2, 0.25) is 0 Å². The first kappa shape index (κ1) is 15.3. The predicted octanol–water partition coefficient (Wildman–Crippen LogP) is 1.80. The molecular weight excluding hydrogens is 276 g/mol. The third-order valence-corrected chi connectivity index (χ3v) is 4.75. The number of hydrogen-bond donors (Lipinski definition) is 2. The Kier molecular flexibility index (Phi) is 4.93. The standard InChI is InChI=1S/C17H26N4O/c1-13-6-9-21(10-7-13)16-5-4-14(11-19-16)17(22)20-15-3-2-8-18-12-15/h4-5,11,13,15,18H,2-3,6-10,12H2,1H3,(H,20,22). The predicted molar refractivity (Wildman–Crippen MR) is 88.2 cm³/mol. The fourth-order valence-electron chi connectivity index (χ4n) is 3.19. The minimum atomic E-state index is -0.0139. The van der Waals surface area contributed by atoms with E-state index in [1.54, 1.807) is 6.20 Å². The first-order valence-electron chi connectivity index (χ1n) is 8.45. The SMILES string of the molecule is CC1CCN(c2ccc(C(=O)NC3CCCNC3)cn2)CC1. The number of nitrogens with zero attached hydrogens (tertiary/aromatic N) is 2. The summed E-state index contributed by atoms with van der Waals surface area (Å²) in [6, 6.07) is 4.11. The van der Waals surface area contributed by atoms with Crippen LogP contribution in [-0.4, -0.2) is 43.1 Å². The first-order chi connectivity index (χ1) is 10.7. The second kappa shape index (κ2) is 7.09. The third kappa shape index (κ3) is 3.77. The average molecular weight is 302 g/mol. The molecule has 22 heavy (non-hydrogen) atoms. The lowest BCUT2D eigenvalue weighted by Gasteiger charge is -2.31. The lowest BCUT2D eigenvalue weighted by Crippen LogP contribution is -2.45. The number of anilines is 1. The molecular formula is C17H26N4O. The van der Waals surface area contributed by atoms with Gasteiger partial charge in [0.1, 0.15) is 5.82 Å². The Morgan fingerprint density at radius 3 is 2.77 bits per heavy atom. The van der Waals surface area contributed by atoms with Crippen LogP contribution >= 0.6 is 0 Å². The van der Waals surface area contributed by atoms with Crippen molar-refractivity contribution >= 4 is 11.7 Å². The molecule has 1 amide bonds. The van der Waals surface area contributed by atoms with Crippen LogP contribution in [0, 0.1) is 5.92 Å². The van der Waals surface area contributed by atoms with Gasteiger partial charge in [-0.2, -0.15) is 0 Å². The zero-order chi connectivity index (χ0) is 15.4. The van der Waals surface area contributed by atoms with Crippen molar-refractivity contribution in [1.29, 1.82) is 0 Å². The van der Waals surface area contributed by atoms with E-state index in [9.17, 15) is 4.79 Å². The van der Waals surface area contributed by atoms with Crippen molar-refractivity contribution in [3.8, 4) is 0 Å². The molecule has 3 heterocycles. The van der Waals surface area contributed by atoms with Crippen LogP contribution in [0.1, 0.15) is 43.0 Å². The molecule has 2 aliphatic rings. The number of pyridine rings is 1. The first-order valence-corrected chi connectivity index (χ1v) is 8.45. The topological polar surface area (TPSA) is 57.3 Å². The highest BCUT2D eigenvalue weighted by Crippen LogP contribution is 2.21. The van der Waals surface area contributed by atoms with Crippen molar-refractivity contribution in [2.45, 2.75) is 38.6 Å². The molecule has 2 N–H and O–H groups in total. The molecule has 0 saturated carbocycles. The summed E-state index contributed by atoms with van der Waals surface area (Å²) in [5, 5.41) is 6.40. The van der Waals surface area contributed by atoms with Gasteiger partial charge in [-0.25, -0.2) is 4.98 Å². The van der Waals surface area contributed by atoms with Crippen molar-refractivity contribution in [3.63, 3.8) is 0 Å². The van der Waals surface area contributed by atoms with Gasteiger partial charge in [0, 0.05) is 31.9 Å². The van der Waals surface area contributed by atoms with Crippen LogP contribution in [0.25, 0.3) is 0 Å². The zero-order valence-electron chi connectivity index (χ0n) is 13.3. The maximum absolute atomic E-state index is 12.3. The second-order valence-electron chi connectivity index (χ2n) is 6.59. The quantitative estimate of drug-likeness (QED) is 0.894. The van der Waals surface area contributed by atoms with Crippen molar-refractivity contribution in [1.82, 2.24) is 15.6 Å². The van der Waals surface area contributed by atoms with E-state index in [1.165, 1.54) is 12.8 Å². The number of piperidine rings is 2. The van der Waals surface area contributed by atoms with E-state index in [0.717, 1.165) is 50.8 Å². The van der Waals surface area contributed by atoms with E-state index >= 15 is 0 Å². The molecule has 2 aliphatic heterocycles. The molecule has 0 aromatic carbocycles. The van der Waals surface area contributed by atoms with Crippen LogP contribution in [-0.2, 0) is 0 Å². The molecule has 5 heteroatoms. The fourth-order valence-corrected chi connectivity index (χ4v) is 3.19. The van der Waals surface area contributed by atoms with Crippen molar-refractivity contribution < 1.29 is 4.79 Å². The van der Waals surface area contributed by atoms with Gasteiger partial charge in [-0.05, 0) is 50.3 Å². The number of hydrogen-bond acceptors (Lipinski definition) is 4. The van der Waals surface area contributed by atoms with Gasteiger partial charge in [-0.3, -0.25) is 4.79 Å². The number of carbonyl (C=O) groups is 1. The van der Waals surface area contributed by atoms with Crippen molar-refractivity contribution in [3.05, 3.63) is 23.9 Å². The Morgan fingerprint density at radius 2 is 2.14 bits per heavy atom. The molecule has 120 valence electrons. The number of carbonyl (C=O) groups excluding carboxylic acids is 1. The monoisotopic (exact) mass is 302 g/mol. The molecule has 5 nitrogen and oxygen atoms in total. The van der Waals surface area contributed by atoms with Gasteiger partial charge in [0.05, 0.1) is 5.56 Å². The summed E-state index contributed by atoms with van der Waals surface area (Å²) < 4.78 is 0. The fraction of sp³-hybridized carbons (Fsp3) is 0.647. The Bertz CT molecular complexity index is 488. The highest BCUT2D eigenvalue weighted by atomic mass is 16.1. The molecule has 0 radical (unpaired) electrons. The maximum atomic E-state index is 12.3. The highest BCUT2D eigenvalue weighted by Gasteiger charge is 2.19. The molecule has 2 saturated heterocycles. The number of aromatic nitrogens is 1. The third-order valence-electron chi connectivity index (χ3n) is 4.75. The van der Waals surface area contributed by atoms with Crippen LogP contribution in [0.15, 0.2) is 18.3 Å². The molecule has 3 rings (SSSR count). The summed E-state index contributed by atoms with van der Waals surface area (Å²) in [4.78, 5) is 19.1. The van der Waals surface area contributed by atoms with Gasteiger partial charge in [0.25, 0.3) is 5.91 Å². The molecule has 0 aliphatic carbocycles. The van der Waals surface area contributed by atoms with Crippen LogP contribution in [0.4, 0.5) is 5.82 Å². The smallest absolute Gasteiger partial charge is 0.253 e. The van der Waals surface area contributed by atoms with Gasteiger partial charge >= 0.3 is 0 Å². The van der Waals surface area contributed by atoms with Gasteiger partial charge in [-0.1, -0.05) is 6.92 Å². The summed E-state index contributed by atoms with van der Waals surface area (Å²) in [6.45, 7) is 6.35. The maximum Gasteiger partial charge on any atom is 0.253 e. The van der Waals surface area contributed by atoms with Crippen LogP contribution in [0.3, 0.4) is 0 Å². The molecule has 1 atom stereocenters. The Morgan fingerprint density at radius 1 is 1.32 bits per heavy atom. The van der Waals surface area contributed by atoms with Crippen molar-refractivity contribution in [2.75, 3.05) is 31.1 Å². The summed E-state index contributed by atoms with van der Waals surface area (Å²) in [5.74, 6) is 1.79. The Balaban J connectivity index is 1.57. The number of rotatable bonds is 3. The normalized spacial score (nSPS) is 23.3. The Hall–Kier alpha value is -1.62. The lowest BCUT2D eigenvalue weighted by atomic mass is 9.99. The number of nitrogens with one attached hydrogen (secondary N) is 2. The van der Waals surface area contributed by atoms with Crippen LogP contribution < -0.4 is 15.5 Å². The zero-order valence-corrected chi connectivity index (χ0v) is 13.3. The highest BCUT2D eigenvalue weighted by molar-refractivity contribution is 5.94. The van der Waals surface area contributed by atoms with E-state index in [-0.39, 0.29) is 11.9 Å². The lowest BCUT2D eigenvalue weighted by molar-refractivity contribution is 0.0930. The van der Waals surface area contributed by atoms with E-state index in [4.69, 9.17) is 0 Å². The molecule has 1 aromatic rings. The summed E-state index contributed by atoms with van der Waals surface area (Å²) in [6.07, 6.45) is 6.32. The Labute approximate surface area is 132 Å². The minimum absolute atomic E-state index is 0.0139. The molecule has 0 spiro atoms. The van der Waals surface area contributed by atoms with E-state index in [0.29, 0.717) is 5.56 Å². The van der Waals surface area contributed by atoms with Crippen LogP contribution in [0.2, 0.25) is 0 Å². The van der Waals surface area contributed by atoms with Crippen molar-refractivity contribution in [2.24, 2.45) is 5.92 Å². The van der Waals surface area contributed by atoms with Gasteiger partial charge in [-0.15, -0.1) is 0 Å². The van der Waals surface area contributed by atoms with Gasteiger partial charge < -0.3 is 15.5 Å². The van der Waals surface area contributed by atoms with Crippen LogP contribution in [0.5, 0.6) is 0 Å². The minimum Gasteiger partial charge on any atom is -0.357 e. The summed E-state index contributed by atoms with van der Waals surface area (Å²) in [7, 11) is 0.